The van der Waals surface area contributed by atoms with Gasteiger partial charge >= 0.3 is 0 Å². The molecule has 0 aliphatic carbocycles. The van der Waals surface area contributed by atoms with Gasteiger partial charge in [0.25, 0.3) is 5.91 Å². The molecule has 5 nitrogen and oxygen atoms in total. The smallest absolute Gasteiger partial charge is 0.251 e. The number of fused-ring (bicyclic) bond motifs is 1. The van der Waals surface area contributed by atoms with Crippen LogP contribution in [0.4, 0.5) is 4.39 Å². The molecule has 0 atom stereocenters. The number of halogens is 1. The van der Waals surface area contributed by atoms with Gasteiger partial charge in [0.1, 0.15) is 5.82 Å². The number of carbonyl (C=O) groups is 1. The predicted octanol–water partition coefficient (Wildman–Crippen LogP) is 2.78. The zero-order valence-corrected chi connectivity index (χ0v) is 14.1. The van der Waals surface area contributed by atoms with Crippen LogP contribution in [0.5, 0.6) is 0 Å². The standard InChI is InChI=1S/C20H19FN2O3/c21-18-2-1-3-19-17(18)12-16(13-23-19)14-4-6-15(7-5-14)20(25)22-8-10-26-11-9-24/h1-7,12-13,24H,8-11H2,(H,22,25). The number of nitrogens with one attached hydrogen (secondary N) is 1. The lowest BCUT2D eigenvalue weighted by molar-refractivity contribution is 0.0838. The maximum absolute atomic E-state index is 13.9. The van der Waals surface area contributed by atoms with Crippen molar-refractivity contribution in [1.82, 2.24) is 10.3 Å². The largest absolute Gasteiger partial charge is 0.394 e. The van der Waals surface area contributed by atoms with Gasteiger partial charge in [-0.05, 0) is 35.9 Å². The van der Waals surface area contributed by atoms with Crippen LogP contribution in [0.3, 0.4) is 0 Å². The Bertz CT molecular complexity index is 897. The maximum Gasteiger partial charge on any atom is 0.251 e. The molecule has 26 heavy (non-hydrogen) atoms. The van der Waals surface area contributed by atoms with Crippen LogP contribution in [0.2, 0.25) is 0 Å². The van der Waals surface area contributed by atoms with Crippen molar-refractivity contribution in [3.05, 3.63) is 66.1 Å². The van der Waals surface area contributed by atoms with Crippen LogP contribution in [-0.4, -0.2) is 42.4 Å². The van der Waals surface area contributed by atoms with E-state index in [2.05, 4.69) is 10.3 Å². The Morgan fingerprint density at radius 3 is 2.69 bits per heavy atom. The summed E-state index contributed by atoms with van der Waals surface area (Å²) in [6.45, 7) is 0.932. The first kappa shape index (κ1) is 18.0. The molecule has 134 valence electrons. The number of carbonyl (C=O) groups excluding carboxylic acids is 1. The number of aromatic nitrogens is 1. The quantitative estimate of drug-likeness (QED) is 0.640. The highest BCUT2D eigenvalue weighted by atomic mass is 19.1. The molecule has 1 amide bonds. The topological polar surface area (TPSA) is 71.5 Å². The summed E-state index contributed by atoms with van der Waals surface area (Å²) >= 11 is 0. The molecule has 0 bridgehead atoms. The minimum absolute atomic E-state index is 0.0388. The summed E-state index contributed by atoms with van der Waals surface area (Å²) in [5, 5.41) is 11.8. The van der Waals surface area contributed by atoms with E-state index >= 15 is 0 Å². The molecule has 0 saturated carbocycles. The van der Waals surface area contributed by atoms with Crippen molar-refractivity contribution in [2.24, 2.45) is 0 Å². The van der Waals surface area contributed by atoms with Gasteiger partial charge in [0.15, 0.2) is 0 Å². The Balaban J connectivity index is 1.69. The second-order valence-electron chi connectivity index (χ2n) is 5.70. The number of pyridine rings is 1. The fourth-order valence-electron chi connectivity index (χ4n) is 2.59. The molecule has 0 radical (unpaired) electrons. The summed E-state index contributed by atoms with van der Waals surface area (Å²) in [6.07, 6.45) is 1.69. The number of aliphatic hydroxyl groups is 1. The average molecular weight is 354 g/mol. The molecule has 2 N–H and O–H groups in total. The van der Waals surface area contributed by atoms with Crippen LogP contribution in [0.15, 0.2) is 54.7 Å². The number of aliphatic hydroxyl groups excluding tert-OH is 1. The zero-order chi connectivity index (χ0) is 18.4. The van der Waals surface area contributed by atoms with Crippen LogP contribution < -0.4 is 5.32 Å². The molecule has 3 rings (SSSR count). The normalized spacial score (nSPS) is 10.8. The number of amides is 1. The van der Waals surface area contributed by atoms with Crippen LogP contribution in [0.1, 0.15) is 10.4 Å². The van der Waals surface area contributed by atoms with E-state index in [1.807, 2.05) is 0 Å². The number of rotatable bonds is 7. The van der Waals surface area contributed by atoms with Crippen LogP contribution in [-0.2, 0) is 4.74 Å². The van der Waals surface area contributed by atoms with Crippen molar-refractivity contribution in [3.63, 3.8) is 0 Å². The predicted molar refractivity (Wildman–Crippen MR) is 97.4 cm³/mol. The Morgan fingerprint density at radius 1 is 1.12 bits per heavy atom. The lowest BCUT2D eigenvalue weighted by Gasteiger charge is -2.07. The molecular formula is C20H19FN2O3. The molecule has 1 heterocycles. The first-order valence-corrected chi connectivity index (χ1v) is 8.30. The Labute approximate surface area is 150 Å². The molecular weight excluding hydrogens is 335 g/mol. The number of hydrogen-bond donors (Lipinski definition) is 2. The summed E-state index contributed by atoms with van der Waals surface area (Å²) in [6, 6.07) is 13.6. The molecule has 0 spiro atoms. The van der Waals surface area contributed by atoms with Crippen molar-refractivity contribution in [1.29, 1.82) is 0 Å². The van der Waals surface area contributed by atoms with E-state index in [1.165, 1.54) is 6.07 Å². The highest BCUT2D eigenvalue weighted by Crippen LogP contribution is 2.24. The van der Waals surface area contributed by atoms with Gasteiger partial charge in [-0.3, -0.25) is 9.78 Å². The third-order valence-electron chi connectivity index (χ3n) is 3.92. The summed E-state index contributed by atoms with van der Waals surface area (Å²) in [7, 11) is 0. The number of benzene rings is 2. The minimum Gasteiger partial charge on any atom is -0.394 e. The number of nitrogens with zero attached hydrogens (tertiary/aromatic N) is 1. The van der Waals surface area contributed by atoms with E-state index in [0.717, 1.165) is 11.1 Å². The Kier molecular flexibility index (Phi) is 5.88. The van der Waals surface area contributed by atoms with Crippen molar-refractivity contribution in [3.8, 4) is 11.1 Å². The molecule has 6 heteroatoms. The molecule has 0 aliphatic heterocycles. The molecule has 0 saturated heterocycles. The van der Waals surface area contributed by atoms with Gasteiger partial charge in [-0.15, -0.1) is 0 Å². The third-order valence-corrected chi connectivity index (χ3v) is 3.92. The highest BCUT2D eigenvalue weighted by molar-refractivity contribution is 5.94. The fourth-order valence-corrected chi connectivity index (χ4v) is 2.59. The summed E-state index contributed by atoms with van der Waals surface area (Å²) in [5.41, 5.74) is 2.77. The molecule has 0 fully saturated rings. The van der Waals surface area contributed by atoms with Crippen LogP contribution in [0, 0.1) is 5.82 Å². The Hall–Kier alpha value is -2.83. The van der Waals surface area contributed by atoms with Crippen molar-refractivity contribution < 1.29 is 19.0 Å². The molecule has 0 unspecified atom stereocenters. The van der Waals surface area contributed by atoms with Gasteiger partial charge < -0.3 is 15.2 Å². The first-order chi connectivity index (χ1) is 12.7. The molecule has 3 aromatic rings. The third kappa shape index (κ3) is 4.22. The van der Waals surface area contributed by atoms with E-state index in [9.17, 15) is 9.18 Å². The Morgan fingerprint density at radius 2 is 1.92 bits per heavy atom. The minimum atomic E-state index is -0.309. The van der Waals surface area contributed by atoms with Gasteiger partial charge in [0.05, 0.1) is 25.3 Å². The SMILES string of the molecule is O=C(NCCOCCO)c1ccc(-c2cnc3cccc(F)c3c2)cc1. The van der Waals surface area contributed by atoms with E-state index in [4.69, 9.17) is 9.84 Å². The summed E-state index contributed by atoms with van der Waals surface area (Å²) in [5.74, 6) is -0.511. The first-order valence-electron chi connectivity index (χ1n) is 8.30. The van der Waals surface area contributed by atoms with Gasteiger partial charge in [0, 0.05) is 29.3 Å². The van der Waals surface area contributed by atoms with E-state index in [-0.39, 0.29) is 24.9 Å². The van der Waals surface area contributed by atoms with Crippen molar-refractivity contribution >= 4 is 16.8 Å². The van der Waals surface area contributed by atoms with E-state index < -0.39 is 0 Å². The second kappa shape index (κ2) is 8.51. The van der Waals surface area contributed by atoms with Crippen LogP contribution in [0.25, 0.3) is 22.0 Å². The maximum atomic E-state index is 13.9. The fraction of sp³-hybridized carbons (Fsp3) is 0.200. The van der Waals surface area contributed by atoms with Crippen molar-refractivity contribution in [2.45, 2.75) is 0 Å². The lowest BCUT2D eigenvalue weighted by Crippen LogP contribution is -2.27. The number of hydrogen-bond acceptors (Lipinski definition) is 4. The van der Waals surface area contributed by atoms with Crippen molar-refractivity contribution in [2.75, 3.05) is 26.4 Å². The monoisotopic (exact) mass is 354 g/mol. The van der Waals surface area contributed by atoms with Gasteiger partial charge in [-0.2, -0.15) is 0 Å². The van der Waals surface area contributed by atoms with Gasteiger partial charge in [0.2, 0.25) is 0 Å². The second-order valence-corrected chi connectivity index (χ2v) is 5.70. The lowest BCUT2D eigenvalue weighted by atomic mass is 10.0. The molecule has 2 aromatic carbocycles. The summed E-state index contributed by atoms with van der Waals surface area (Å²) in [4.78, 5) is 16.4. The van der Waals surface area contributed by atoms with Gasteiger partial charge in [-0.1, -0.05) is 18.2 Å². The molecule has 0 aliphatic rings. The molecule has 1 aromatic heterocycles. The van der Waals surface area contributed by atoms with E-state index in [1.54, 1.807) is 48.7 Å². The number of ether oxygens (including phenoxy) is 1. The van der Waals surface area contributed by atoms with Crippen LogP contribution >= 0.6 is 0 Å². The highest BCUT2D eigenvalue weighted by Gasteiger charge is 2.07. The zero-order valence-electron chi connectivity index (χ0n) is 14.1. The summed E-state index contributed by atoms with van der Waals surface area (Å²) < 4.78 is 19.0. The van der Waals surface area contributed by atoms with Gasteiger partial charge in [-0.25, -0.2) is 4.39 Å². The average Bonchev–Trinajstić information content (AvgIpc) is 2.68. The van der Waals surface area contributed by atoms with E-state index in [0.29, 0.717) is 29.6 Å².